The maximum Gasteiger partial charge on any atom is 0.241 e. The van der Waals surface area contributed by atoms with Crippen LogP contribution in [0, 0.1) is 11.3 Å². The van der Waals surface area contributed by atoms with Crippen molar-refractivity contribution in [3.8, 4) is 17.6 Å². The highest BCUT2D eigenvalue weighted by Crippen LogP contribution is 2.54. The van der Waals surface area contributed by atoms with Gasteiger partial charge >= 0.3 is 0 Å². The van der Waals surface area contributed by atoms with Gasteiger partial charge in [0.25, 0.3) is 0 Å². The van der Waals surface area contributed by atoms with E-state index in [1.807, 2.05) is 48.5 Å². The SMILES string of the molecule is COc1ccc(S[C@]2(C(=O)N(C)C)CC(=O)N(c3ccc(C#N)cc3)[C@@H]2c2ccc(OC)cc2)cc1. The Morgan fingerprint density at radius 2 is 1.53 bits per heavy atom. The van der Waals surface area contributed by atoms with Crippen molar-refractivity contribution in [2.45, 2.75) is 22.1 Å². The summed E-state index contributed by atoms with van der Waals surface area (Å²) in [5.41, 5.74) is 1.93. The summed E-state index contributed by atoms with van der Waals surface area (Å²) in [7, 11) is 6.61. The number of rotatable bonds is 7. The summed E-state index contributed by atoms with van der Waals surface area (Å²) >= 11 is 1.38. The largest absolute Gasteiger partial charge is 0.497 e. The van der Waals surface area contributed by atoms with Crippen molar-refractivity contribution in [2.24, 2.45) is 0 Å². The molecule has 3 aromatic carbocycles. The van der Waals surface area contributed by atoms with Crippen LogP contribution >= 0.6 is 11.8 Å². The molecule has 8 heteroatoms. The van der Waals surface area contributed by atoms with E-state index in [9.17, 15) is 14.9 Å². The summed E-state index contributed by atoms with van der Waals surface area (Å²) in [6.45, 7) is 0. The molecule has 0 bridgehead atoms. The summed E-state index contributed by atoms with van der Waals surface area (Å²) in [4.78, 5) is 31.7. The van der Waals surface area contributed by atoms with Crippen LogP contribution < -0.4 is 14.4 Å². The van der Waals surface area contributed by atoms with Gasteiger partial charge < -0.3 is 19.3 Å². The van der Waals surface area contributed by atoms with Gasteiger partial charge in [-0.3, -0.25) is 9.59 Å². The number of nitriles is 1. The molecule has 2 atom stereocenters. The molecule has 1 fully saturated rings. The number of carbonyl (C=O) groups excluding carboxylic acids is 2. The monoisotopic (exact) mass is 501 g/mol. The van der Waals surface area contributed by atoms with Gasteiger partial charge in [-0.05, 0) is 66.2 Å². The molecule has 0 unspecified atom stereocenters. The number of hydrogen-bond donors (Lipinski definition) is 0. The first-order chi connectivity index (χ1) is 17.3. The molecule has 1 saturated heterocycles. The standard InChI is InChI=1S/C28H27N3O4S/c1-30(2)27(33)28(36-24-15-13-23(35-4)14-16-24)17-25(32)31(21-9-5-19(18-29)6-10-21)26(28)20-7-11-22(34-3)12-8-20/h5-16,26H,17H2,1-4H3/t26-,28-/m1/s1. The van der Waals surface area contributed by atoms with Gasteiger partial charge in [0, 0.05) is 24.7 Å². The number of carbonyl (C=O) groups is 2. The maximum atomic E-state index is 14.0. The van der Waals surface area contributed by atoms with Gasteiger partial charge in [0.2, 0.25) is 11.8 Å². The molecule has 3 aromatic rings. The fourth-order valence-electron chi connectivity index (χ4n) is 4.51. The number of nitrogens with zero attached hydrogens (tertiary/aromatic N) is 3. The first-order valence-electron chi connectivity index (χ1n) is 11.3. The van der Waals surface area contributed by atoms with Gasteiger partial charge in [-0.1, -0.05) is 12.1 Å². The molecule has 7 nitrogen and oxygen atoms in total. The van der Waals surface area contributed by atoms with Crippen molar-refractivity contribution < 1.29 is 19.1 Å². The Hall–Kier alpha value is -3.96. The third-order valence-electron chi connectivity index (χ3n) is 6.22. The quantitative estimate of drug-likeness (QED) is 0.468. The van der Waals surface area contributed by atoms with Gasteiger partial charge in [0.1, 0.15) is 16.2 Å². The first kappa shape index (κ1) is 25.1. The predicted molar refractivity (Wildman–Crippen MR) is 139 cm³/mol. The lowest BCUT2D eigenvalue weighted by Gasteiger charge is -2.38. The van der Waals surface area contributed by atoms with Crippen LogP contribution in [-0.4, -0.2) is 49.8 Å². The predicted octanol–water partition coefficient (Wildman–Crippen LogP) is 4.67. The summed E-state index contributed by atoms with van der Waals surface area (Å²) in [5, 5.41) is 9.24. The Morgan fingerprint density at radius 1 is 0.972 bits per heavy atom. The Morgan fingerprint density at radius 3 is 2.03 bits per heavy atom. The molecule has 1 aliphatic rings. The lowest BCUT2D eigenvalue weighted by atomic mass is 9.91. The van der Waals surface area contributed by atoms with Crippen molar-refractivity contribution in [2.75, 3.05) is 33.2 Å². The van der Waals surface area contributed by atoms with E-state index in [2.05, 4.69) is 6.07 Å². The van der Waals surface area contributed by atoms with Gasteiger partial charge in [-0.15, -0.1) is 11.8 Å². The summed E-state index contributed by atoms with van der Waals surface area (Å²) < 4.78 is 9.49. The second-order valence-electron chi connectivity index (χ2n) is 8.64. The Labute approximate surface area is 215 Å². The summed E-state index contributed by atoms with van der Waals surface area (Å²) in [6, 6.07) is 23.3. The molecule has 4 rings (SSSR count). The molecule has 36 heavy (non-hydrogen) atoms. The topological polar surface area (TPSA) is 82.9 Å². The number of amides is 2. The van der Waals surface area contributed by atoms with Crippen LogP contribution in [0.15, 0.2) is 77.7 Å². The second kappa shape index (κ2) is 10.3. The highest BCUT2D eigenvalue weighted by atomic mass is 32.2. The van der Waals surface area contributed by atoms with Crippen LogP contribution in [0.3, 0.4) is 0 Å². The molecular formula is C28H27N3O4S. The smallest absolute Gasteiger partial charge is 0.241 e. The molecule has 0 saturated carbocycles. The third-order valence-corrected chi connectivity index (χ3v) is 7.63. The average molecular weight is 502 g/mol. The molecule has 1 heterocycles. The number of thioether (sulfide) groups is 1. The van der Waals surface area contributed by atoms with Gasteiger partial charge in [0.05, 0.1) is 38.3 Å². The number of hydrogen-bond acceptors (Lipinski definition) is 6. The minimum Gasteiger partial charge on any atom is -0.497 e. The molecule has 0 spiro atoms. The normalized spacial score (nSPS) is 19.0. The van der Waals surface area contributed by atoms with E-state index in [0.29, 0.717) is 22.7 Å². The van der Waals surface area contributed by atoms with Crippen LogP contribution in [0.2, 0.25) is 0 Å². The fourth-order valence-corrected chi connectivity index (χ4v) is 6.03. The van der Waals surface area contributed by atoms with Crippen LogP contribution in [0.1, 0.15) is 23.6 Å². The number of anilines is 1. The van der Waals surface area contributed by atoms with Crippen molar-refractivity contribution in [3.05, 3.63) is 83.9 Å². The van der Waals surface area contributed by atoms with E-state index in [0.717, 1.165) is 10.5 Å². The first-order valence-corrected chi connectivity index (χ1v) is 12.2. The number of ether oxygens (including phenoxy) is 2. The van der Waals surface area contributed by atoms with E-state index in [-0.39, 0.29) is 18.2 Å². The van der Waals surface area contributed by atoms with E-state index < -0.39 is 10.8 Å². The highest BCUT2D eigenvalue weighted by molar-refractivity contribution is 8.01. The van der Waals surface area contributed by atoms with E-state index >= 15 is 0 Å². The van der Waals surface area contributed by atoms with E-state index in [4.69, 9.17) is 9.47 Å². The van der Waals surface area contributed by atoms with Crippen molar-refractivity contribution in [3.63, 3.8) is 0 Å². The zero-order valence-electron chi connectivity index (χ0n) is 20.6. The fraction of sp³-hybridized carbons (Fsp3) is 0.250. The van der Waals surface area contributed by atoms with E-state index in [1.54, 1.807) is 62.4 Å². The second-order valence-corrected chi connectivity index (χ2v) is 10.0. The number of methoxy groups -OCH3 is 2. The Bertz CT molecular complexity index is 1280. The number of benzene rings is 3. The van der Waals surface area contributed by atoms with Crippen molar-refractivity contribution in [1.29, 1.82) is 5.26 Å². The minimum atomic E-state index is -1.14. The summed E-state index contributed by atoms with van der Waals surface area (Å²) in [6.07, 6.45) is 0.0113. The van der Waals surface area contributed by atoms with Gasteiger partial charge in [-0.25, -0.2) is 0 Å². The molecule has 184 valence electrons. The molecular weight excluding hydrogens is 474 g/mol. The zero-order chi connectivity index (χ0) is 25.9. The van der Waals surface area contributed by atoms with Crippen molar-refractivity contribution in [1.82, 2.24) is 4.90 Å². The molecule has 0 aromatic heterocycles. The molecule has 0 aliphatic carbocycles. The lowest BCUT2D eigenvalue weighted by molar-refractivity contribution is -0.132. The van der Waals surface area contributed by atoms with Crippen LogP contribution in [0.25, 0.3) is 0 Å². The van der Waals surface area contributed by atoms with Crippen LogP contribution in [0.4, 0.5) is 5.69 Å². The van der Waals surface area contributed by atoms with Gasteiger partial charge in [0.15, 0.2) is 0 Å². The van der Waals surface area contributed by atoms with Crippen LogP contribution in [-0.2, 0) is 9.59 Å². The molecule has 1 aliphatic heterocycles. The van der Waals surface area contributed by atoms with Crippen molar-refractivity contribution >= 4 is 29.3 Å². The zero-order valence-corrected chi connectivity index (χ0v) is 21.4. The van der Waals surface area contributed by atoms with E-state index in [1.165, 1.54) is 11.8 Å². The third kappa shape index (κ3) is 4.62. The highest BCUT2D eigenvalue weighted by Gasteiger charge is 2.59. The average Bonchev–Trinajstić information content (AvgIpc) is 3.20. The van der Waals surface area contributed by atoms with Crippen LogP contribution in [0.5, 0.6) is 11.5 Å². The maximum absolute atomic E-state index is 14.0. The molecule has 2 amide bonds. The minimum absolute atomic E-state index is 0.0113. The Kier molecular flexibility index (Phi) is 7.22. The molecule has 0 N–H and O–H groups in total. The Balaban J connectivity index is 1.90. The lowest BCUT2D eigenvalue weighted by Crippen LogP contribution is -2.47. The summed E-state index contributed by atoms with van der Waals surface area (Å²) in [5.74, 6) is 1.06. The molecule has 0 radical (unpaired) electrons. The van der Waals surface area contributed by atoms with Gasteiger partial charge in [-0.2, -0.15) is 5.26 Å².